The highest BCUT2D eigenvalue weighted by Crippen LogP contribution is 2.27. The number of rotatable bonds is 8. The molecule has 0 bridgehead atoms. The fourth-order valence-corrected chi connectivity index (χ4v) is 2.92. The molecule has 2 atom stereocenters. The van der Waals surface area contributed by atoms with Crippen LogP contribution in [0.4, 0.5) is 5.69 Å². The van der Waals surface area contributed by atoms with Gasteiger partial charge in [0, 0.05) is 32.2 Å². The zero-order valence-electron chi connectivity index (χ0n) is 13.5. The summed E-state index contributed by atoms with van der Waals surface area (Å²) in [5.41, 5.74) is 1.14. The third kappa shape index (κ3) is 4.35. The van der Waals surface area contributed by atoms with Gasteiger partial charge in [-0.15, -0.1) is 0 Å². The first kappa shape index (κ1) is 16.1. The number of likely N-dealkylation sites (N-methyl/N-ethyl adjacent to an activating group) is 1. The molecule has 0 saturated carbocycles. The molecule has 118 valence electrons. The summed E-state index contributed by atoms with van der Waals surface area (Å²) in [6.45, 7) is 6.00. The maximum atomic E-state index is 5.57. The Bertz CT molecular complexity index is 419. The van der Waals surface area contributed by atoms with Gasteiger partial charge in [0.2, 0.25) is 0 Å². The Morgan fingerprint density at radius 1 is 1.43 bits per heavy atom. The lowest BCUT2D eigenvalue weighted by molar-refractivity contribution is 0.177. The SMILES string of the molecule is CCCNC(CN(C)c1ccccc1OC)C1CCOC1. The van der Waals surface area contributed by atoms with Crippen LogP contribution in [-0.2, 0) is 4.74 Å². The molecule has 2 unspecified atom stereocenters. The molecule has 4 heteroatoms. The Morgan fingerprint density at radius 2 is 2.24 bits per heavy atom. The largest absolute Gasteiger partial charge is 0.495 e. The number of nitrogens with one attached hydrogen (secondary N) is 1. The maximum absolute atomic E-state index is 5.57. The third-order valence-electron chi connectivity index (χ3n) is 4.16. The fourth-order valence-electron chi connectivity index (χ4n) is 2.92. The normalized spacial score (nSPS) is 19.5. The van der Waals surface area contributed by atoms with Gasteiger partial charge < -0.3 is 19.7 Å². The summed E-state index contributed by atoms with van der Waals surface area (Å²) in [6, 6.07) is 8.65. The predicted octanol–water partition coefficient (Wildman–Crippen LogP) is 2.54. The van der Waals surface area contributed by atoms with Crippen molar-refractivity contribution in [1.82, 2.24) is 5.32 Å². The topological polar surface area (TPSA) is 33.7 Å². The molecule has 1 aromatic rings. The monoisotopic (exact) mass is 292 g/mol. The summed E-state index contributed by atoms with van der Waals surface area (Å²) in [5, 5.41) is 3.69. The molecule has 0 aromatic heterocycles. The number of para-hydroxylation sites is 2. The molecule has 0 radical (unpaired) electrons. The highest BCUT2D eigenvalue weighted by molar-refractivity contribution is 5.57. The van der Waals surface area contributed by atoms with Gasteiger partial charge in [0.15, 0.2) is 0 Å². The van der Waals surface area contributed by atoms with Crippen LogP contribution < -0.4 is 15.0 Å². The van der Waals surface area contributed by atoms with E-state index in [-0.39, 0.29) is 0 Å². The Hall–Kier alpha value is -1.26. The van der Waals surface area contributed by atoms with Crippen LogP contribution in [0.5, 0.6) is 5.75 Å². The summed E-state index contributed by atoms with van der Waals surface area (Å²) in [6.07, 6.45) is 2.31. The fraction of sp³-hybridized carbons (Fsp3) is 0.647. The number of hydrogen-bond acceptors (Lipinski definition) is 4. The number of ether oxygens (including phenoxy) is 2. The van der Waals surface area contributed by atoms with Gasteiger partial charge in [-0.05, 0) is 31.5 Å². The molecular weight excluding hydrogens is 264 g/mol. The second-order valence-corrected chi connectivity index (χ2v) is 5.74. The van der Waals surface area contributed by atoms with Crippen molar-refractivity contribution in [3.05, 3.63) is 24.3 Å². The van der Waals surface area contributed by atoms with Gasteiger partial charge in [0.05, 0.1) is 19.4 Å². The van der Waals surface area contributed by atoms with Crippen molar-refractivity contribution in [2.45, 2.75) is 25.8 Å². The molecule has 1 heterocycles. The smallest absolute Gasteiger partial charge is 0.142 e. The lowest BCUT2D eigenvalue weighted by atomic mass is 9.98. The van der Waals surface area contributed by atoms with Gasteiger partial charge >= 0.3 is 0 Å². The summed E-state index contributed by atoms with van der Waals surface area (Å²) < 4.78 is 11.0. The molecular formula is C17H28N2O2. The summed E-state index contributed by atoms with van der Waals surface area (Å²) in [7, 11) is 3.86. The maximum Gasteiger partial charge on any atom is 0.142 e. The van der Waals surface area contributed by atoms with Crippen LogP contribution in [0.1, 0.15) is 19.8 Å². The van der Waals surface area contributed by atoms with E-state index in [4.69, 9.17) is 9.47 Å². The van der Waals surface area contributed by atoms with Crippen molar-refractivity contribution in [3.8, 4) is 5.75 Å². The molecule has 1 aliphatic rings. The number of benzene rings is 1. The molecule has 1 aromatic carbocycles. The molecule has 1 saturated heterocycles. The van der Waals surface area contributed by atoms with E-state index in [0.717, 1.165) is 50.6 Å². The van der Waals surface area contributed by atoms with E-state index in [1.54, 1.807) is 7.11 Å². The molecule has 1 N–H and O–H groups in total. The Labute approximate surface area is 128 Å². The van der Waals surface area contributed by atoms with E-state index < -0.39 is 0 Å². The molecule has 0 aliphatic carbocycles. The highest BCUT2D eigenvalue weighted by atomic mass is 16.5. The van der Waals surface area contributed by atoms with Crippen LogP contribution in [0, 0.1) is 5.92 Å². The molecule has 21 heavy (non-hydrogen) atoms. The average Bonchev–Trinajstić information content (AvgIpc) is 3.05. The second-order valence-electron chi connectivity index (χ2n) is 5.74. The summed E-state index contributed by atoms with van der Waals surface area (Å²) >= 11 is 0. The van der Waals surface area contributed by atoms with Crippen LogP contribution in [-0.4, -0.2) is 46.5 Å². The van der Waals surface area contributed by atoms with Crippen LogP contribution in [0.3, 0.4) is 0 Å². The van der Waals surface area contributed by atoms with Crippen LogP contribution >= 0.6 is 0 Å². The van der Waals surface area contributed by atoms with Gasteiger partial charge in [0.25, 0.3) is 0 Å². The van der Waals surface area contributed by atoms with E-state index in [1.807, 2.05) is 12.1 Å². The van der Waals surface area contributed by atoms with E-state index in [0.29, 0.717) is 12.0 Å². The van der Waals surface area contributed by atoms with Gasteiger partial charge in [-0.2, -0.15) is 0 Å². The molecule has 2 rings (SSSR count). The number of methoxy groups -OCH3 is 1. The van der Waals surface area contributed by atoms with Gasteiger partial charge in [0.1, 0.15) is 5.75 Å². The lowest BCUT2D eigenvalue weighted by Crippen LogP contribution is -2.45. The zero-order chi connectivity index (χ0) is 15.1. The number of nitrogens with zero attached hydrogens (tertiary/aromatic N) is 1. The first-order valence-electron chi connectivity index (χ1n) is 7.91. The lowest BCUT2D eigenvalue weighted by Gasteiger charge is -2.30. The van der Waals surface area contributed by atoms with Crippen molar-refractivity contribution in [3.63, 3.8) is 0 Å². The van der Waals surface area contributed by atoms with E-state index >= 15 is 0 Å². The van der Waals surface area contributed by atoms with Crippen molar-refractivity contribution in [2.24, 2.45) is 5.92 Å². The second kappa shape index (κ2) is 8.25. The van der Waals surface area contributed by atoms with Crippen molar-refractivity contribution >= 4 is 5.69 Å². The third-order valence-corrected chi connectivity index (χ3v) is 4.16. The predicted molar refractivity (Wildman–Crippen MR) is 87.3 cm³/mol. The highest BCUT2D eigenvalue weighted by Gasteiger charge is 2.26. The van der Waals surface area contributed by atoms with Crippen molar-refractivity contribution in [1.29, 1.82) is 0 Å². The Balaban J connectivity index is 2.03. The van der Waals surface area contributed by atoms with Crippen LogP contribution in [0.25, 0.3) is 0 Å². The minimum absolute atomic E-state index is 0.461. The molecule has 4 nitrogen and oxygen atoms in total. The van der Waals surface area contributed by atoms with Crippen LogP contribution in [0.15, 0.2) is 24.3 Å². The minimum Gasteiger partial charge on any atom is -0.495 e. The zero-order valence-corrected chi connectivity index (χ0v) is 13.5. The van der Waals surface area contributed by atoms with Crippen molar-refractivity contribution in [2.75, 3.05) is 45.4 Å². The Morgan fingerprint density at radius 3 is 2.90 bits per heavy atom. The first-order valence-corrected chi connectivity index (χ1v) is 7.91. The first-order chi connectivity index (χ1) is 10.3. The van der Waals surface area contributed by atoms with Crippen molar-refractivity contribution < 1.29 is 9.47 Å². The number of hydrogen-bond donors (Lipinski definition) is 1. The van der Waals surface area contributed by atoms with Gasteiger partial charge in [-0.1, -0.05) is 19.1 Å². The number of anilines is 1. The molecule has 0 spiro atoms. The van der Waals surface area contributed by atoms with Gasteiger partial charge in [-0.3, -0.25) is 0 Å². The van der Waals surface area contributed by atoms with E-state index in [9.17, 15) is 0 Å². The summed E-state index contributed by atoms with van der Waals surface area (Å²) in [5.74, 6) is 1.53. The van der Waals surface area contributed by atoms with Gasteiger partial charge in [-0.25, -0.2) is 0 Å². The quantitative estimate of drug-likeness (QED) is 0.798. The van der Waals surface area contributed by atoms with E-state index in [1.165, 1.54) is 0 Å². The standard InChI is InChI=1S/C17H28N2O2/c1-4-10-18-15(14-9-11-21-13-14)12-19(2)16-7-5-6-8-17(16)20-3/h5-8,14-15,18H,4,9-13H2,1-3H3. The Kier molecular flexibility index (Phi) is 6.33. The molecule has 0 amide bonds. The van der Waals surface area contributed by atoms with E-state index in [2.05, 4.69) is 36.3 Å². The van der Waals surface area contributed by atoms with Crippen LogP contribution in [0.2, 0.25) is 0 Å². The molecule has 1 aliphatic heterocycles. The average molecular weight is 292 g/mol. The summed E-state index contributed by atoms with van der Waals surface area (Å²) in [4.78, 5) is 2.28. The minimum atomic E-state index is 0.461. The molecule has 1 fully saturated rings.